The van der Waals surface area contributed by atoms with E-state index in [0.717, 1.165) is 25.2 Å². The van der Waals surface area contributed by atoms with E-state index in [0.29, 0.717) is 6.04 Å². The van der Waals surface area contributed by atoms with E-state index in [2.05, 4.69) is 46.0 Å². The van der Waals surface area contributed by atoms with E-state index >= 15 is 0 Å². The third kappa shape index (κ3) is 3.33. The van der Waals surface area contributed by atoms with Crippen molar-refractivity contribution in [2.24, 2.45) is 0 Å². The molecule has 124 valence electrons. The van der Waals surface area contributed by atoms with E-state index < -0.39 is 0 Å². The Balaban J connectivity index is 1.70. The number of aromatic nitrogens is 2. The summed E-state index contributed by atoms with van der Waals surface area (Å²) in [6.07, 6.45) is 3.99. The van der Waals surface area contributed by atoms with Crippen LogP contribution in [0.15, 0.2) is 29.1 Å². The van der Waals surface area contributed by atoms with Gasteiger partial charge in [-0.15, -0.1) is 0 Å². The highest BCUT2D eigenvalue weighted by Gasteiger charge is 2.33. The van der Waals surface area contributed by atoms with Gasteiger partial charge in [0.25, 0.3) is 0 Å². The summed E-state index contributed by atoms with van der Waals surface area (Å²) in [4.78, 5) is 15.0. The monoisotopic (exact) mass is 332 g/mol. The largest absolute Gasteiger partial charge is 0.310 e. The number of hydrogen-bond acceptors (Lipinski definition) is 4. The van der Waals surface area contributed by atoms with Gasteiger partial charge in [-0.05, 0) is 62.5 Å². The molecular formula is C17H24N4OS. The minimum atomic E-state index is -0.155. The molecule has 3 rings (SSSR count). The first-order chi connectivity index (χ1) is 11.1. The van der Waals surface area contributed by atoms with Crippen molar-refractivity contribution in [3.63, 3.8) is 0 Å². The zero-order chi connectivity index (χ0) is 16.4. The van der Waals surface area contributed by atoms with Gasteiger partial charge in [0, 0.05) is 18.2 Å². The van der Waals surface area contributed by atoms with Crippen molar-refractivity contribution in [3.05, 3.63) is 34.7 Å². The fraction of sp³-hybridized carbons (Fsp3) is 0.529. The molecule has 2 atom stereocenters. The van der Waals surface area contributed by atoms with E-state index in [1.165, 1.54) is 5.56 Å². The lowest BCUT2D eigenvalue weighted by Crippen LogP contribution is -2.41. The van der Waals surface area contributed by atoms with E-state index in [9.17, 15) is 4.79 Å². The molecule has 1 aliphatic heterocycles. The van der Waals surface area contributed by atoms with Crippen LogP contribution in [0.4, 0.5) is 5.82 Å². The van der Waals surface area contributed by atoms with E-state index in [4.69, 9.17) is 0 Å². The number of carbonyl (C=O) groups excluding carboxylic acids is 1. The SMILES string of the molecule is CC(C)n1nccc1NC(=O)[C@@H](C)N1CCC[C@@H]1c1ccsc1. The smallest absolute Gasteiger partial charge is 0.242 e. The van der Waals surface area contributed by atoms with Gasteiger partial charge in [0.15, 0.2) is 0 Å². The second-order valence-electron chi connectivity index (χ2n) is 6.37. The van der Waals surface area contributed by atoms with Gasteiger partial charge < -0.3 is 5.32 Å². The van der Waals surface area contributed by atoms with Crippen molar-refractivity contribution in [2.45, 2.75) is 51.7 Å². The Morgan fingerprint density at radius 3 is 2.91 bits per heavy atom. The Labute approximate surface area is 141 Å². The Morgan fingerprint density at radius 2 is 2.22 bits per heavy atom. The summed E-state index contributed by atoms with van der Waals surface area (Å²) in [6, 6.07) is 4.45. The van der Waals surface area contributed by atoms with Gasteiger partial charge in [-0.1, -0.05) is 0 Å². The maximum absolute atomic E-state index is 12.7. The summed E-state index contributed by atoms with van der Waals surface area (Å²) < 4.78 is 1.84. The standard InChI is InChI=1S/C17H24N4OS/c1-12(2)21-16(6-8-18-21)19-17(22)13(3)20-9-4-5-15(20)14-7-10-23-11-14/h6-8,10-13,15H,4-5,9H2,1-3H3,(H,19,22)/t13-,15-/m1/s1. The quantitative estimate of drug-likeness (QED) is 0.908. The average molecular weight is 332 g/mol. The predicted molar refractivity (Wildman–Crippen MR) is 93.7 cm³/mol. The summed E-state index contributed by atoms with van der Waals surface area (Å²) in [5.41, 5.74) is 1.33. The molecule has 0 aliphatic carbocycles. The average Bonchev–Trinajstić information content (AvgIpc) is 3.26. The molecule has 23 heavy (non-hydrogen) atoms. The molecule has 6 heteroatoms. The number of nitrogens with one attached hydrogen (secondary N) is 1. The molecule has 5 nitrogen and oxygen atoms in total. The summed E-state index contributed by atoms with van der Waals surface area (Å²) in [5, 5.41) is 11.6. The molecule has 3 heterocycles. The number of anilines is 1. The first kappa shape index (κ1) is 16.2. The number of rotatable bonds is 5. The molecular weight excluding hydrogens is 308 g/mol. The fourth-order valence-corrected chi connectivity index (χ4v) is 3.99. The van der Waals surface area contributed by atoms with Gasteiger partial charge in [-0.2, -0.15) is 16.4 Å². The van der Waals surface area contributed by atoms with Crippen LogP contribution in [-0.2, 0) is 4.79 Å². The highest BCUT2D eigenvalue weighted by Crippen LogP contribution is 2.34. The van der Waals surface area contributed by atoms with Crippen LogP contribution in [0.5, 0.6) is 0 Å². The molecule has 2 aromatic heterocycles. The molecule has 1 saturated heterocycles. The fourth-order valence-electron chi connectivity index (χ4n) is 3.28. The summed E-state index contributed by atoms with van der Waals surface area (Å²) in [6.45, 7) is 7.08. The topological polar surface area (TPSA) is 50.2 Å². The maximum Gasteiger partial charge on any atom is 0.242 e. The van der Waals surface area contributed by atoms with Gasteiger partial charge in [-0.25, -0.2) is 4.68 Å². The third-order valence-electron chi connectivity index (χ3n) is 4.51. The van der Waals surface area contributed by atoms with E-state index in [1.807, 2.05) is 17.7 Å². The number of likely N-dealkylation sites (tertiary alicyclic amines) is 1. The molecule has 0 spiro atoms. The molecule has 1 fully saturated rings. The van der Waals surface area contributed by atoms with Crippen molar-refractivity contribution >= 4 is 23.1 Å². The second-order valence-corrected chi connectivity index (χ2v) is 7.15. The number of thiophene rings is 1. The van der Waals surface area contributed by atoms with Crippen LogP contribution in [-0.4, -0.2) is 33.2 Å². The van der Waals surface area contributed by atoms with Crippen LogP contribution in [0, 0.1) is 0 Å². The Hall–Kier alpha value is -1.66. The van der Waals surface area contributed by atoms with E-state index in [-0.39, 0.29) is 18.0 Å². The highest BCUT2D eigenvalue weighted by atomic mass is 32.1. The lowest BCUT2D eigenvalue weighted by Gasteiger charge is -2.29. The van der Waals surface area contributed by atoms with Crippen molar-refractivity contribution in [1.29, 1.82) is 0 Å². The minimum absolute atomic E-state index is 0.0366. The van der Waals surface area contributed by atoms with Crippen LogP contribution in [0.3, 0.4) is 0 Å². The molecule has 0 unspecified atom stereocenters. The van der Waals surface area contributed by atoms with Gasteiger partial charge in [0.1, 0.15) is 5.82 Å². The number of hydrogen-bond donors (Lipinski definition) is 1. The number of nitrogens with zero attached hydrogens (tertiary/aromatic N) is 3. The summed E-state index contributed by atoms with van der Waals surface area (Å²) in [7, 11) is 0. The van der Waals surface area contributed by atoms with E-state index in [1.54, 1.807) is 17.5 Å². The molecule has 0 radical (unpaired) electrons. The van der Waals surface area contributed by atoms with Crippen LogP contribution < -0.4 is 5.32 Å². The van der Waals surface area contributed by atoms with Gasteiger partial charge in [0.2, 0.25) is 5.91 Å². The van der Waals surface area contributed by atoms with Gasteiger partial charge >= 0.3 is 0 Å². The van der Waals surface area contributed by atoms with Gasteiger partial charge in [-0.3, -0.25) is 9.69 Å². The van der Waals surface area contributed by atoms with Crippen LogP contribution >= 0.6 is 11.3 Å². The Morgan fingerprint density at radius 1 is 1.39 bits per heavy atom. The van der Waals surface area contributed by atoms with Crippen LogP contribution in [0.2, 0.25) is 0 Å². The summed E-state index contributed by atoms with van der Waals surface area (Å²) in [5.74, 6) is 0.803. The van der Waals surface area contributed by atoms with Crippen molar-refractivity contribution in [2.75, 3.05) is 11.9 Å². The molecule has 0 saturated carbocycles. The first-order valence-electron chi connectivity index (χ1n) is 8.20. The lowest BCUT2D eigenvalue weighted by molar-refractivity contribution is -0.121. The van der Waals surface area contributed by atoms with Crippen molar-refractivity contribution < 1.29 is 4.79 Å². The molecule has 0 bridgehead atoms. The highest BCUT2D eigenvalue weighted by molar-refractivity contribution is 7.07. The Kier molecular flexibility index (Phi) is 4.82. The zero-order valence-corrected chi connectivity index (χ0v) is 14.7. The van der Waals surface area contributed by atoms with Crippen LogP contribution in [0.25, 0.3) is 0 Å². The van der Waals surface area contributed by atoms with Gasteiger partial charge in [0.05, 0.1) is 12.2 Å². The predicted octanol–water partition coefficient (Wildman–Crippen LogP) is 3.69. The first-order valence-corrected chi connectivity index (χ1v) is 9.14. The van der Waals surface area contributed by atoms with Crippen LogP contribution in [0.1, 0.15) is 51.3 Å². The number of amides is 1. The third-order valence-corrected chi connectivity index (χ3v) is 5.21. The molecule has 1 aliphatic rings. The molecule has 0 aromatic carbocycles. The molecule has 1 amide bonds. The maximum atomic E-state index is 12.7. The second kappa shape index (κ2) is 6.84. The number of carbonyl (C=O) groups is 1. The Bertz CT molecular complexity index is 649. The van der Waals surface area contributed by atoms with Crippen molar-refractivity contribution in [3.8, 4) is 0 Å². The lowest BCUT2D eigenvalue weighted by atomic mass is 10.1. The minimum Gasteiger partial charge on any atom is -0.310 e. The molecule has 1 N–H and O–H groups in total. The molecule has 2 aromatic rings. The zero-order valence-electron chi connectivity index (χ0n) is 13.9. The normalized spacial score (nSPS) is 20.1. The summed E-state index contributed by atoms with van der Waals surface area (Å²) >= 11 is 1.72. The van der Waals surface area contributed by atoms with Crippen molar-refractivity contribution in [1.82, 2.24) is 14.7 Å².